The molecule has 1 atom stereocenters. The highest BCUT2D eigenvalue weighted by molar-refractivity contribution is 7.92. The average molecular weight is 556 g/mol. The Morgan fingerprint density at radius 3 is 2.16 bits per heavy atom. The number of aryl methyl sites for hydroxylation is 2. The number of carbonyl (C=O) groups excluding carboxylic acids is 2. The summed E-state index contributed by atoms with van der Waals surface area (Å²) >= 11 is 6.06. The lowest BCUT2D eigenvalue weighted by molar-refractivity contribution is -0.140. The fourth-order valence-corrected chi connectivity index (χ4v) is 5.09. The number of nitrogens with zero attached hydrogens (tertiary/aromatic N) is 2. The predicted molar refractivity (Wildman–Crippen MR) is 153 cm³/mol. The number of sulfonamides is 1. The second-order valence-corrected chi connectivity index (χ2v) is 11.6. The van der Waals surface area contributed by atoms with Crippen molar-refractivity contribution in [3.05, 3.63) is 100 Å². The van der Waals surface area contributed by atoms with E-state index < -0.39 is 28.5 Å². The Bertz CT molecular complexity index is 1360. The molecule has 0 saturated heterocycles. The molecule has 9 heteroatoms. The molecule has 0 aliphatic rings. The maximum atomic E-state index is 14.0. The van der Waals surface area contributed by atoms with Crippen LogP contribution < -0.4 is 9.62 Å². The van der Waals surface area contributed by atoms with Crippen molar-refractivity contribution in [1.82, 2.24) is 10.2 Å². The summed E-state index contributed by atoms with van der Waals surface area (Å²) in [6, 6.07) is 20.8. The van der Waals surface area contributed by atoms with Crippen LogP contribution in [0.3, 0.4) is 0 Å². The van der Waals surface area contributed by atoms with Crippen LogP contribution >= 0.6 is 11.6 Å². The topological polar surface area (TPSA) is 86.8 Å². The van der Waals surface area contributed by atoms with E-state index in [0.717, 1.165) is 32.8 Å². The summed E-state index contributed by atoms with van der Waals surface area (Å²) in [6.45, 7) is 5.69. The van der Waals surface area contributed by atoms with Crippen molar-refractivity contribution >= 4 is 39.1 Å². The van der Waals surface area contributed by atoms with Crippen LogP contribution in [0.2, 0.25) is 5.02 Å². The van der Waals surface area contributed by atoms with Crippen LogP contribution in [0, 0.1) is 13.8 Å². The molecular formula is C29H34ClN3O4S. The molecular weight excluding hydrogens is 522 g/mol. The highest BCUT2D eigenvalue weighted by atomic mass is 35.5. The van der Waals surface area contributed by atoms with Gasteiger partial charge in [-0.15, -0.1) is 0 Å². The lowest BCUT2D eigenvalue weighted by atomic mass is 10.0. The van der Waals surface area contributed by atoms with Crippen LogP contribution in [0.25, 0.3) is 0 Å². The second-order valence-electron chi connectivity index (χ2n) is 9.29. The van der Waals surface area contributed by atoms with Gasteiger partial charge in [0.25, 0.3) is 0 Å². The van der Waals surface area contributed by atoms with Crippen molar-refractivity contribution in [2.75, 3.05) is 23.7 Å². The number of benzene rings is 3. The van der Waals surface area contributed by atoms with Gasteiger partial charge in [-0.1, -0.05) is 60.1 Å². The van der Waals surface area contributed by atoms with Crippen LogP contribution in [0.15, 0.2) is 72.8 Å². The van der Waals surface area contributed by atoms with Gasteiger partial charge < -0.3 is 10.2 Å². The van der Waals surface area contributed by atoms with Crippen molar-refractivity contribution in [3.8, 4) is 0 Å². The number of hydrogen-bond donors (Lipinski definition) is 1. The van der Waals surface area contributed by atoms with Crippen molar-refractivity contribution < 1.29 is 18.0 Å². The second kappa shape index (κ2) is 12.9. The lowest BCUT2D eigenvalue weighted by Crippen LogP contribution is -2.53. The minimum Gasteiger partial charge on any atom is -0.355 e. The number of amides is 2. The van der Waals surface area contributed by atoms with Crippen molar-refractivity contribution in [3.63, 3.8) is 0 Å². The number of hydrogen-bond acceptors (Lipinski definition) is 4. The van der Waals surface area contributed by atoms with E-state index in [4.69, 9.17) is 11.6 Å². The van der Waals surface area contributed by atoms with Crippen LogP contribution in [0.5, 0.6) is 0 Å². The molecule has 2 amide bonds. The Balaban J connectivity index is 2.04. The molecule has 0 heterocycles. The summed E-state index contributed by atoms with van der Waals surface area (Å²) in [6.07, 6.45) is 1.35. The summed E-state index contributed by atoms with van der Waals surface area (Å²) in [5, 5.41) is 3.39. The number of halogens is 1. The van der Waals surface area contributed by atoms with Gasteiger partial charge in [-0.25, -0.2) is 8.42 Å². The van der Waals surface area contributed by atoms with Gasteiger partial charge in [0.05, 0.1) is 11.9 Å². The van der Waals surface area contributed by atoms with E-state index in [0.29, 0.717) is 17.3 Å². The fraction of sp³-hybridized carbons (Fsp3) is 0.310. The first-order valence-corrected chi connectivity index (χ1v) is 14.6. The molecule has 3 aromatic carbocycles. The van der Waals surface area contributed by atoms with Gasteiger partial charge in [-0.05, 0) is 67.3 Å². The van der Waals surface area contributed by atoms with E-state index in [1.54, 1.807) is 36.4 Å². The molecule has 0 aliphatic heterocycles. The zero-order valence-electron chi connectivity index (χ0n) is 22.1. The molecule has 1 N–H and O–H groups in total. The molecule has 0 aromatic heterocycles. The Kier molecular flexibility index (Phi) is 9.94. The van der Waals surface area contributed by atoms with E-state index in [9.17, 15) is 18.0 Å². The number of anilines is 1. The summed E-state index contributed by atoms with van der Waals surface area (Å²) in [7, 11) is -3.80. The minimum absolute atomic E-state index is 0.106. The van der Waals surface area contributed by atoms with E-state index in [1.807, 2.05) is 57.2 Å². The fourth-order valence-electron chi connectivity index (χ4n) is 4.13. The van der Waals surface area contributed by atoms with Gasteiger partial charge in [0.2, 0.25) is 21.8 Å². The zero-order valence-corrected chi connectivity index (χ0v) is 23.7. The Morgan fingerprint density at radius 2 is 1.58 bits per heavy atom. The number of rotatable bonds is 11. The van der Waals surface area contributed by atoms with Gasteiger partial charge in [0.1, 0.15) is 12.6 Å². The summed E-state index contributed by atoms with van der Waals surface area (Å²) in [5.41, 5.74) is 3.96. The summed E-state index contributed by atoms with van der Waals surface area (Å²) in [4.78, 5) is 28.7. The Labute approximate surface area is 230 Å². The van der Waals surface area contributed by atoms with Gasteiger partial charge >= 0.3 is 0 Å². The molecule has 0 fully saturated rings. The maximum Gasteiger partial charge on any atom is 0.244 e. The smallest absolute Gasteiger partial charge is 0.244 e. The molecule has 0 unspecified atom stereocenters. The average Bonchev–Trinajstić information content (AvgIpc) is 2.87. The van der Waals surface area contributed by atoms with Gasteiger partial charge in [0, 0.05) is 24.5 Å². The number of carbonyl (C=O) groups is 2. The third-order valence-electron chi connectivity index (χ3n) is 6.35. The molecule has 0 saturated carbocycles. The zero-order chi connectivity index (χ0) is 27.9. The van der Waals surface area contributed by atoms with Crippen LogP contribution in [-0.4, -0.2) is 50.5 Å². The first-order chi connectivity index (χ1) is 18.0. The Morgan fingerprint density at radius 1 is 0.921 bits per heavy atom. The quantitative estimate of drug-likeness (QED) is 0.377. The third-order valence-corrected chi connectivity index (χ3v) is 7.74. The summed E-state index contributed by atoms with van der Waals surface area (Å²) in [5.74, 6) is -0.800. The van der Waals surface area contributed by atoms with Gasteiger partial charge in [0.15, 0.2) is 0 Å². The van der Waals surface area contributed by atoms with Crippen LogP contribution in [-0.2, 0) is 32.6 Å². The van der Waals surface area contributed by atoms with E-state index in [-0.39, 0.29) is 18.9 Å². The van der Waals surface area contributed by atoms with Gasteiger partial charge in [-0.2, -0.15) is 0 Å². The van der Waals surface area contributed by atoms with Crippen molar-refractivity contribution in [2.45, 2.75) is 39.8 Å². The van der Waals surface area contributed by atoms with Crippen molar-refractivity contribution in [1.29, 1.82) is 0 Å². The molecule has 38 heavy (non-hydrogen) atoms. The third kappa shape index (κ3) is 7.82. The van der Waals surface area contributed by atoms with Crippen molar-refractivity contribution in [2.24, 2.45) is 0 Å². The first-order valence-electron chi connectivity index (χ1n) is 12.4. The molecule has 0 bridgehead atoms. The summed E-state index contributed by atoms with van der Waals surface area (Å²) < 4.78 is 26.8. The molecule has 0 radical (unpaired) electrons. The van der Waals surface area contributed by atoms with Crippen LogP contribution in [0.4, 0.5) is 5.69 Å². The highest BCUT2D eigenvalue weighted by Crippen LogP contribution is 2.23. The number of nitrogens with one attached hydrogen (secondary N) is 1. The predicted octanol–water partition coefficient (Wildman–Crippen LogP) is 4.50. The molecule has 3 rings (SSSR count). The highest BCUT2D eigenvalue weighted by Gasteiger charge is 2.32. The molecule has 0 spiro atoms. The molecule has 202 valence electrons. The first kappa shape index (κ1) is 29.2. The van der Waals surface area contributed by atoms with E-state index in [1.165, 1.54) is 4.90 Å². The lowest BCUT2D eigenvalue weighted by Gasteiger charge is -2.33. The minimum atomic E-state index is -3.80. The monoisotopic (exact) mass is 555 g/mol. The molecule has 0 aliphatic carbocycles. The maximum absolute atomic E-state index is 14.0. The standard InChI is InChI=1S/C29H34ClN3O4S/c1-5-31-29(35)27(18-23-9-7-6-8-10-23)32(19-24-12-14-25(30)15-13-24)28(34)20-33(38(4,36)37)26-16-11-21(2)22(3)17-26/h6-17,27H,5,18-20H2,1-4H3,(H,31,35)/t27-/m1/s1. The Hall–Kier alpha value is -3.36. The largest absolute Gasteiger partial charge is 0.355 e. The normalized spacial score (nSPS) is 12.0. The van der Waals surface area contributed by atoms with E-state index >= 15 is 0 Å². The SMILES string of the molecule is CCNC(=O)[C@@H](Cc1ccccc1)N(Cc1ccc(Cl)cc1)C(=O)CN(c1ccc(C)c(C)c1)S(C)(=O)=O. The number of likely N-dealkylation sites (N-methyl/N-ethyl adjacent to an activating group) is 1. The van der Waals surface area contributed by atoms with E-state index in [2.05, 4.69) is 5.32 Å². The molecule has 3 aromatic rings. The van der Waals surface area contributed by atoms with Gasteiger partial charge in [-0.3, -0.25) is 13.9 Å². The van der Waals surface area contributed by atoms with Crippen LogP contribution in [0.1, 0.15) is 29.2 Å². The molecule has 7 nitrogen and oxygen atoms in total.